The van der Waals surface area contributed by atoms with Crippen LogP contribution in [0.5, 0.6) is 0 Å². The van der Waals surface area contributed by atoms with Crippen LogP contribution in [-0.4, -0.2) is 51.1 Å². The van der Waals surface area contributed by atoms with Gasteiger partial charge in [0.15, 0.2) is 0 Å². The molecule has 0 fully saturated rings. The molecule has 0 aliphatic rings. The highest BCUT2D eigenvalue weighted by molar-refractivity contribution is 7.51. The van der Waals surface area contributed by atoms with Crippen molar-refractivity contribution >= 4 is 13.5 Å². The summed E-state index contributed by atoms with van der Waals surface area (Å²) in [7, 11) is -4.26. The second-order valence-electron chi connectivity index (χ2n) is 8.77. The molecule has 1 amide bonds. The minimum Gasteiger partial charge on any atom is -0.391 e. The van der Waals surface area contributed by atoms with Crippen LogP contribution in [0.4, 0.5) is 0 Å². The fourth-order valence-electron chi connectivity index (χ4n) is 3.81. The van der Waals surface area contributed by atoms with E-state index in [1.807, 2.05) is 0 Å². The lowest BCUT2D eigenvalue weighted by atomic mass is 10.0. The van der Waals surface area contributed by atoms with Crippen LogP contribution in [0.1, 0.15) is 117 Å². The summed E-state index contributed by atoms with van der Waals surface area (Å²) in [6.07, 6.45) is 18.9. The number of aliphatic hydroxyl groups is 1. The first-order valence-corrected chi connectivity index (χ1v) is 14.0. The van der Waals surface area contributed by atoms with E-state index in [1.54, 1.807) is 0 Å². The average Bonchev–Trinajstić information content (AvgIpc) is 2.65. The van der Waals surface area contributed by atoms with Crippen molar-refractivity contribution in [2.75, 3.05) is 19.3 Å². The SMILES string of the molecule is CCCCCCCCCCCCCCCCCCN(CC(O)CP(=O)(O)O)C(C)=O. The highest BCUT2D eigenvalue weighted by Crippen LogP contribution is 2.35. The average molecular weight is 450 g/mol. The van der Waals surface area contributed by atoms with Crippen LogP contribution >= 0.6 is 7.60 Å². The predicted octanol–water partition coefficient (Wildman–Crippen LogP) is 5.64. The second-order valence-corrected chi connectivity index (χ2v) is 10.5. The zero-order valence-corrected chi connectivity index (χ0v) is 20.5. The quantitative estimate of drug-likeness (QED) is 0.156. The summed E-state index contributed by atoms with van der Waals surface area (Å²) in [5.41, 5.74) is 0. The predicted molar refractivity (Wildman–Crippen MR) is 125 cm³/mol. The Kier molecular flexibility index (Phi) is 19.0. The number of hydrogen-bond acceptors (Lipinski definition) is 3. The molecule has 3 N–H and O–H groups in total. The molecule has 180 valence electrons. The third-order valence-corrected chi connectivity index (χ3v) is 6.50. The fraction of sp³-hybridized carbons (Fsp3) is 0.957. The van der Waals surface area contributed by atoms with Gasteiger partial charge in [-0.25, -0.2) is 0 Å². The molecule has 0 heterocycles. The van der Waals surface area contributed by atoms with Gasteiger partial charge in [0.25, 0.3) is 0 Å². The lowest BCUT2D eigenvalue weighted by molar-refractivity contribution is -0.130. The van der Waals surface area contributed by atoms with Crippen LogP contribution in [0.3, 0.4) is 0 Å². The largest absolute Gasteiger partial charge is 0.391 e. The molecule has 7 heteroatoms. The molecule has 6 nitrogen and oxygen atoms in total. The van der Waals surface area contributed by atoms with Crippen LogP contribution in [0, 0.1) is 0 Å². The van der Waals surface area contributed by atoms with Crippen LogP contribution in [0.25, 0.3) is 0 Å². The fourth-order valence-corrected chi connectivity index (χ4v) is 4.48. The number of amides is 1. The van der Waals surface area contributed by atoms with Crippen molar-refractivity contribution in [3.8, 4) is 0 Å². The molecule has 0 saturated carbocycles. The van der Waals surface area contributed by atoms with Crippen molar-refractivity contribution in [2.24, 2.45) is 0 Å². The minimum absolute atomic E-state index is 0.0147. The van der Waals surface area contributed by atoms with Gasteiger partial charge in [-0.1, -0.05) is 103 Å². The van der Waals surface area contributed by atoms with Gasteiger partial charge in [-0.15, -0.1) is 0 Å². The molecule has 0 aromatic carbocycles. The Hall–Kier alpha value is -0.420. The monoisotopic (exact) mass is 449 g/mol. The third-order valence-electron chi connectivity index (χ3n) is 5.61. The van der Waals surface area contributed by atoms with Gasteiger partial charge in [-0.3, -0.25) is 9.36 Å². The Bertz CT molecular complexity index is 455. The summed E-state index contributed by atoms with van der Waals surface area (Å²) in [5, 5.41) is 9.75. The summed E-state index contributed by atoms with van der Waals surface area (Å²) >= 11 is 0. The van der Waals surface area contributed by atoms with Crippen LogP contribution in [0.2, 0.25) is 0 Å². The molecule has 0 rings (SSSR count). The molecule has 1 atom stereocenters. The lowest BCUT2D eigenvalue weighted by Crippen LogP contribution is -2.38. The third kappa shape index (κ3) is 20.8. The summed E-state index contributed by atoms with van der Waals surface area (Å²) in [6, 6.07) is 0. The molecular formula is C23H48NO5P. The molecule has 0 radical (unpaired) electrons. The summed E-state index contributed by atoms with van der Waals surface area (Å²) in [6.45, 7) is 4.21. The highest BCUT2D eigenvalue weighted by atomic mass is 31.2. The van der Waals surface area contributed by atoms with Crippen molar-refractivity contribution < 1.29 is 24.3 Å². The summed E-state index contributed by atoms with van der Waals surface area (Å²) < 4.78 is 10.9. The van der Waals surface area contributed by atoms with E-state index >= 15 is 0 Å². The lowest BCUT2D eigenvalue weighted by Gasteiger charge is -2.24. The summed E-state index contributed by atoms with van der Waals surface area (Å²) in [5.74, 6) is -0.166. The van der Waals surface area contributed by atoms with E-state index in [4.69, 9.17) is 9.79 Å². The van der Waals surface area contributed by atoms with Crippen LogP contribution in [0.15, 0.2) is 0 Å². The Morgan fingerprint density at radius 1 is 0.767 bits per heavy atom. The number of unbranched alkanes of at least 4 members (excludes halogenated alkanes) is 15. The van der Waals surface area contributed by atoms with Gasteiger partial charge in [-0.2, -0.15) is 0 Å². The Morgan fingerprint density at radius 3 is 1.47 bits per heavy atom. The molecule has 0 aliphatic carbocycles. The molecule has 0 saturated heterocycles. The zero-order valence-electron chi connectivity index (χ0n) is 19.6. The van der Waals surface area contributed by atoms with E-state index in [-0.39, 0.29) is 12.5 Å². The molecule has 0 aliphatic heterocycles. The highest BCUT2D eigenvalue weighted by Gasteiger charge is 2.22. The van der Waals surface area contributed by atoms with E-state index in [0.717, 1.165) is 19.3 Å². The molecular weight excluding hydrogens is 401 g/mol. The van der Waals surface area contributed by atoms with Crippen molar-refractivity contribution in [1.82, 2.24) is 4.90 Å². The molecule has 1 unspecified atom stereocenters. The first kappa shape index (κ1) is 29.6. The maximum absolute atomic E-state index is 11.7. The number of carbonyl (C=O) groups excluding carboxylic acids is 1. The van der Waals surface area contributed by atoms with E-state index in [0.29, 0.717) is 6.54 Å². The zero-order chi connectivity index (χ0) is 22.7. The number of aliphatic hydroxyl groups excluding tert-OH is 1. The maximum Gasteiger partial charge on any atom is 0.328 e. The molecule has 0 bridgehead atoms. The van der Waals surface area contributed by atoms with Gasteiger partial charge in [0, 0.05) is 20.0 Å². The summed E-state index contributed by atoms with van der Waals surface area (Å²) in [4.78, 5) is 31.0. The Morgan fingerprint density at radius 2 is 1.13 bits per heavy atom. The van der Waals surface area contributed by atoms with Crippen molar-refractivity contribution in [1.29, 1.82) is 0 Å². The number of carbonyl (C=O) groups is 1. The Balaban J connectivity index is 3.52. The van der Waals surface area contributed by atoms with Crippen LogP contribution in [-0.2, 0) is 9.36 Å². The van der Waals surface area contributed by atoms with Gasteiger partial charge in [0.05, 0.1) is 12.3 Å². The first-order chi connectivity index (χ1) is 14.3. The maximum atomic E-state index is 11.7. The van der Waals surface area contributed by atoms with E-state index in [2.05, 4.69) is 6.92 Å². The molecule has 0 aromatic rings. The van der Waals surface area contributed by atoms with Gasteiger partial charge in [0.2, 0.25) is 5.91 Å². The number of hydrogen-bond donors (Lipinski definition) is 3. The first-order valence-electron chi connectivity index (χ1n) is 12.2. The number of rotatable bonds is 21. The number of nitrogens with zero attached hydrogens (tertiary/aromatic N) is 1. The van der Waals surface area contributed by atoms with Gasteiger partial charge in [0.1, 0.15) is 0 Å². The second kappa shape index (κ2) is 19.3. The molecule has 0 spiro atoms. The minimum atomic E-state index is -4.26. The molecule has 30 heavy (non-hydrogen) atoms. The van der Waals surface area contributed by atoms with E-state index in [1.165, 1.54) is 95.3 Å². The van der Waals surface area contributed by atoms with Gasteiger partial charge in [-0.05, 0) is 6.42 Å². The Labute approximate surface area is 185 Å². The van der Waals surface area contributed by atoms with Crippen LogP contribution < -0.4 is 0 Å². The standard InChI is InChI=1S/C23H48NO5P/c1-3-4-5-6-7-8-9-10-11-12-13-14-15-16-17-18-19-24(22(2)25)20-23(26)21-30(27,28)29/h23,26H,3-21H2,1-2H3,(H2,27,28,29). The van der Waals surface area contributed by atoms with Crippen molar-refractivity contribution in [3.63, 3.8) is 0 Å². The van der Waals surface area contributed by atoms with Gasteiger partial charge < -0.3 is 19.8 Å². The normalized spacial score (nSPS) is 12.8. The smallest absolute Gasteiger partial charge is 0.328 e. The van der Waals surface area contributed by atoms with Crippen molar-refractivity contribution in [2.45, 2.75) is 123 Å². The van der Waals surface area contributed by atoms with E-state index < -0.39 is 19.9 Å². The molecule has 0 aromatic heterocycles. The van der Waals surface area contributed by atoms with E-state index in [9.17, 15) is 14.5 Å². The van der Waals surface area contributed by atoms with Gasteiger partial charge >= 0.3 is 7.60 Å². The topological polar surface area (TPSA) is 98.1 Å². The van der Waals surface area contributed by atoms with Crippen molar-refractivity contribution in [3.05, 3.63) is 0 Å².